The molecule has 5 rings (SSSR count). The van der Waals surface area contributed by atoms with Crippen molar-refractivity contribution in [3.8, 4) is 11.1 Å². The maximum atomic E-state index is 15.5. The van der Waals surface area contributed by atoms with Crippen LogP contribution in [0.1, 0.15) is 50.2 Å². The average molecular weight is 542 g/mol. The van der Waals surface area contributed by atoms with E-state index >= 15 is 4.39 Å². The minimum absolute atomic E-state index is 0.00216. The summed E-state index contributed by atoms with van der Waals surface area (Å²) in [5.41, 5.74) is 5.14. The van der Waals surface area contributed by atoms with Gasteiger partial charge in [0.2, 0.25) is 5.91 Å². The quantitative estimate of drug-likeness (QED) is 0.230. The van der Waals surface area contributed by atoms with E-state index < -0.39 is 0 Å². The Hall–Kier alpha value is -4.26. The highest BCUT2D eigenvalue weighted by molar-refractivity contribution is 5.95. The molecule has 0 N–H and O–H groups in total. The summed E-state index contributed by atoms with van der Waals surface area (Å²) in [5.74, 6) is -0.208. The third-order valence-electron chi connectivity index (χ3n) is 7.32. The number of hydrogen-bond acceptors (Lipinski definition) is 4. The van der Waals surface area contributed by atoms with Gasteiger partial charge in [0.25, 0.3) is 6.47 Å². The van der Waals surface area contributed by atoms with Crippen LogP contribution >= 0.6 is 0 Å². The Morgan fingerprint density at radius 1 is 1.07 bits per heavy atom. The topological polar surface area (TPSA) is 64.4 Å². The van der Waals surface area contributed by atoms with Gasteiger partial charge in [-0.15, -0.1) is 0 Å². The Bertz CT molecular complexity index is 1490. The fraction of sp³-hybridized carbons (Fsp3) is 0.303. The van der Waals surface area contributed by atoms with E-state index in [0.717, 1.165) is 59.0 Å². The van der Waals surface area contributed by atoms with Crippen molar-refractivity contribution in [1.29, 1.82) is 0 Å². The van der Waals surface area contributed by atoms with Crippen LogP contribution in [0.2, 0.25) is 0 Å². The summed E-state index contributed by atoms with van der Waals surface area (Å²) >= 11 is 0. The van der Waals surface area contributed by atoms with Crippen molar-refractivity contribution < 1.29 is 18.7 Å². The summed E-state index contributed by atoms with van der Waals surface area (Å²) in [4.78, 5) is 24.4. The second-order valence-corrected chi connectivity index (χ2v) is 10.0. The number of hydrogen-bond donors (Lipinski definition) is 0. The lowest BCUT2D eigenvalue weighted by Gasteiger charge is -2.30. The number of aromatic nitrogens is 2. The maximum absolute atomic E-state index is 15.5. The van der Waals surface area contributed by atoms with Crippen LogP contribution in [0.25, 0.3) is 28.1 Å². The highest BCUT2D eigenvalue weighted by Gasteiger charge is 2.28. The molecule has 6 nitrogen and oxygen atoms in total. The molecule has 1 heterocycles. The van der Waals surface area contributed by atoms with E-state index in [2.05, 4.69) is 9.84 Å². The van der Waals surface area contributed by atoms with Crippen LogP contribution < -0.4 is 4.90 Å². The van der Waals surface area contributed by atoms with Gasteiger partial charge < -0.3 is 9.64 Å². The van der Waals surface area contributed by atoms with Crippen molar-refractivity contribution in [1.82, 2.24) is 9.78 Å². The van der Waals surface area contributed by atoms with Crippen LogP contribution in [0.3, 0.4) is 0 Å². The lowest BCUT2D eigenvalue weighted by molar-refractivity contribution is -0.126. The van der Waals surface area contributed by atoms with E-state index in [9.17, 15) is 4.79 Å². The smallest absolute Gasteiger partial charge is 0.292 e. The van der Waals surface area contributed by atoms with Crippen LogP contribution in [-0.2, 0) is 27.9 Å². The summed E-state index contributed by atoms with van der Waals surface area (Å²) in [6, 6.07) is 19.3. The number of carbonyl (C=O) groups excluding carboxylic acids is 2. The normalized spacial score (nSPS) is 13.6. The number of halogens is 1. The molecule has 1 saturated carbocycles. The molecule has 1 amide bonds. The Kier molecular flexibility index (Phi) is 9.84. The largest absolute Gasteiger partial charge is 0.471 e. The molecule has 0 atom stereocenters. The molecule has 7 heteroatoms. The van der Waals surface area contributed by atoms with Crippen molar-refractivity contribution in [2.24, 2.45) is 13.0 Å². The first-order valence-corrected chi connectivity index (χ1v) is 13.7. The summed E-state index contributed by atoms with van der Waals surface area (Å²) in [7, 11) is 3.22. The third-order valence-corrected chi connectivity index (χ3v) is 7.32. The minimum Gasteiger partial charge on any atom is -0.471 e. The number of aryl methyl sites for hydroxylation is 1. The van der Waals surface area contributed by atoms with Crippen LogP contribution in [0.15, 0.2) is 72.9 Å². The Morgan fingerprint density at radius 3 is 2.50 bits per heavy atom. The standard InChI is InChI=1S/C31H32FN3O.C2H4O2/c1-3-8-22-9-7-12-28(17-22)35(31(36)23-10-5-4-6-11-23)21-26-14-13-25(19-29(26)32)24-15-16-30-27(18-24)20-33-34(30)2;1-4-2-3/h3,7-9,12-20,23H,4-6,10-11,21H2,1-2H3;2H,1H3/b8-3+;. The highest BCUT2D eigenvalue weighted by atomic mass is 19.1. The van der Waals surface area contributed by atoms with Gasteiger partial charge in [-0.2, -0.15) is 5.10 Å². The molecular weight excluding hydrogens is 505 g/mol. The zero-order chi connectivity index (χ0) is 28.5. The number of methoxy groups -OCH3 is 1. The molecule has 0 bridgehead atoms. The number of amides is 1. The van der Waals surface area contributed by atoms with Gasteiger partial charge in [0.05, 0.1) is 25.4 Å². The number of benzene rings is 3. The van der Waals surface area contributed by atoms with Gasteiger partial charge in [0.1, 0.15) is 5.82 Å². The molecule has 40 heavy (non-hydrogen) atoms. The zero-order valence-corrected chi connectivity index (χ0v) is 23.3. The van der Waals surface area contributed by atoms with Gasteiger partial charge in [-0.05, 0) is 66.8 Å². The van der Waals surface area contributed by atoms with Gasteiger partial charge in [0.15, 0.2) is 0 Å². The molecule has 3 aromatic carbocycles. The van der Waals surface area contributed by atoms with Crippen molar-refractivity contribution in [2.45, 2.75) is 45.6 Å². The summed E-state index contributed by atoms with van der Waals surface area (Å²) in [6.07, 6.45) is 11.0. The third kappa shape index (κ3) is 6.84. The summed E-state index contributed by atoms with van der Waals surface area (Å²) in [5, 5.41) is 5.32. The number of ether oxygens (including phenoxy) is 1. The Labute approximate surface area is 235 Å². The number of rotatable bonds is 7. The molecule has 4 aromatic rings. The van der Waals surface area contributed by atoms with E-state index in [1.54, 1.807) is 11.0 Å². The lowest BCUT2D eigenvalue weighted by Crippen LogP contribution is -2.37. The van der Waals surface area contributed by atoms with Crippen LogP contribution in [-0.4, -0.2) is 29.3 Å². The van der Waals surface area contributed by atoms with Crippen LogP contribution in [0.4, 0.5) is 10.1 Å². The number of fused-ring (bicyclic) bond motifs is 1. The lowest BCUT2D eigenvalue weighted by atomic mass is 9.88. The van der Waals surface area contributed by atoms with Crippen LogP contribution in [0, 0.1) is 11.7 Å². The molecule has 1 aliphatic rings. The van der Waals surface area contributed by atoms with Gasteiger partial charge in [-0.25, -0.2) is 4.39 Å². The second kappa shape index (κ2) is 13.7. The zero-order valence-electron chi connectivity index (χ0n) is 23.3. The molecule has 0 saturated heterocycles. The molecular formula is C33H36FN3O3. The first kappa shape index (κ1) is 28.7. The predicted octanol–water partition coefficient (Wildman–Crippen LogP) is 7.32. The van der Waals surface area contributed by atoms with Crippen molar-refractivity contribution >= 4 is 35.0 Å². The average Bonchev–Trinajstić information content (AvgIpc) is 3.36. The first-order chi connectivity index (χ1) is 19.4. The maximum Gasteiger partial charge on any atom is 0.292 e. The van der Waals surface area contributed by atoms with E-state index in [1.807, 2.05) is 91.6 Å². The number of carbonyl (C=O) groups is 2. The SMILES string of the molecule is C/C=C/c1cccc(N(Cc2ccc(-c3ccc4c(cnn4C)c3)cc2F)C(=O)C2CCCCC2)c1.COC=O. The Balaban J connectivity index is 0.000000867. The molecule has 208 valence electrons. The number of anilines is 1. The monoisotopic (exact) mass is 541 g/mol. The molecule has 0 aliphatic heterocycles. The van der Waals surface area contributed by atoms with Crippen molar-refractivity contribution in [3.63, 3.8) is 0 Å². The predicted molar refractivity (Wildman–Crippen MR) is 158 cm³/mol. The molecule has 0 spiro atoms. The van der Waals surface area contributed by atoms with Crippen molar-refractivity contribution in [2.75, 3.05) is 12.0 Å². The Morgan fingerprint density at radius 2 is 1.80 bits per heavy atom. The van der Waals surface area contributed by atoms with Gasteiger partial charge in [-0.1, -0.05) is 61.7 Å². The fourth-order valence-electron chi connectivity index (χ4n) is 5.22. The van der Waals surface area contributed by atoms with E-state index in [4.69, 9.17) is 4.79 Å². The molecule has 0 radical (unpaired) electrons. The molecule has 1 aromatic heterocycles. The molecule has 1 aliphatic carbocycles. The van der Waals surface area contributed by atoms with E-state index in [0.29, 0.717) is 12.0 Å². The minimum atomic E-state index is -0.301. The first-order valence-electron chi connectivity index (χ1n) is 13.7. The summed E-state index contributed by atoms with van der Waals surface area (Å²) in [6.45, 7) is 2.56. The second-order valence-electron chi connectivity index (χ2n) is 10.0. The van der Waals surface area contributed by atoms with Gasteiger partial charge in [-0.3, -0.25) is 14.3 Å². The van der Waals surface area contributed by atoms with Crippen LogP contribution in [0.5, 0.6) is 0 Å². The molecule has 1 fully saturated rings. The molecule has 0 unspecified atom stereocenters. The fourth-order valence-corrected chi connectivity index (χ4v) is 5.22. The number of allylic oxidation sites excluding steroid dienone is 1. The van der Waals surface area contributed by atoms with Crippen molar-refractivity contribution in [3.05, 3.63) is 89.9 Å². The van der Waals surface area contributed by atoms with E-state index in [-0.39, 0.29) is 24.2 Å². The van der Waals surface area contributed by atoms with Gasteiger partial charge in [0, 0.05) is 29.6 Å². The summed E-state index contributed by atoms with van der Waals surface area (Å²) < 4.78 is 21.2. The van der Waals surface area contributed by atoms with E-state index in [1.165, 1.54) is 13.5 Å². The number of nitrogens with zero attached hydrogens (tertiary/aromatic N) is 3. The van der Waals surface area contributed by atoms with Gasteiger partial charge >= 0.3 is 0 Å². The highest BCUT2D eigenvalue weighted by Crippen LogP contribution is 2.31.